The normalized spacial score (nSPS) is 16.3. The summed E-state index contributed by atoms with van der Waals surface area (Å²) < 4.78 is 40.9. The number of halogens is 3. The van der Waals surface area contributed by atoms with Crippen molar-refractivity contribution in [2.45, 2.75) is 25.2 Å². The van der Waals surface area contributed by atoms with Gasteiger partial charge >= 0.3 is 6.36 Å². The van der Waals surface area contributed by atoms with Crippen LogP contribution in [-0.2, 0) is 6.42 Å². The Labute approximate surface area is 151 Å². The van der Waals surface area contributed by atoms with E-state index in [4.69, 9.17) is 0 Å². The Kier molecular flexibility index (Phi) is 3.98. The van der Waals surface area contributed by atoms with Crippen LogP contribution in [-0.4, -0.2) is 22.4 Å². The Morgan fingerprint density at radius 3 is 2.81 bits per heavy atom. The topological polar surface area (TPSA) is 74.3 Å². The standard InChI is InChI=1S/C19H15F3N2O3/c20-19(21,22)27-11-5-4-10-8-16(23-15(10)9-11)18(26)24-14-7-6-13-12(14)2-1-3-17(13)25/h1-5,8-9,14,23,25H,6-7H2,(H,24,26). The monoisotopic (exact) mass is 376 g/mol. The summed E-state index contributed by atoms with van der Waals surface area (Å²) in [5.41, 5.74) is 2.31. The first-order valence-electron chi connectivity index (χ1n) is 8.30. The third kappa shape index (κ3) is 3.42. The first kappa shape index (κ1) is 17.3. The van der Waals surface area contributed by atoms with E-state index in [1.165, 1.54) is 18.2 Å². The molecule has 1 aromatic heterocycles. The number of aromatic amines is 1. The van der Waals surface area contributed by atoms with Gasteiger partial charge in [0.15, 0.2) is 0 Å². The van der Waals surface area contributed by atoms with Gasteiger partial charge in [-0.1, -0.05) is 12.1 Å². The Morgan fingerprint density at radius 2 is 2.04 bits per heavy atom. The van der Waals surface area contributed by atoms with Gasteiger partial charge in [-0.25, -0.2) is 0 Å². The molecule has 0 aliphatic heterocycles. The molecule has 5 nitrogen and oxygen atoms in total. The van der Waals surface area contributed by atoms with Crippen molar-refractivity contribution >= 4 is 16.8 Å². The SMILES string of the molecule is O=C(NC1CCc2c(O)cccc21)c1cc2ccc(OC(F)(F)F)cc2[nH]1. The van der Waals surface area contributed by atoms with E-state index < -0.39 is 6.36 Å². The second-order valence-electron chi connectivity index (χ2n) is 6.39. The van der Waals surface area contributed by atoms with Crippen LogP contribution in [0.4, 0.5) is 13.2 Å². The highest BCUT2D eigenvalue weighted by molar-refractivity contribution is 5.98. The number of alkyl halides is 3. The molecule has 3 aromatic rings. The number of hydrogen-bond donors (Lipinski definition) is 3. The average molecular weight is 376 g/mol. The summed E-state index contributed by atoms with van der Waals surface area (Å²) in [6.45, 7) is 0. The number of nitrogens with one attached hydrogen (secondary N) is 2. The van der Waals surface area contributed by atoms with Crippen molar-refractivity contribution in [3.63, 3.8) is 0 Å². The van der Waals surface area contributed by atoms with E-state index in [9.17, 15) is 23.1 Å². The van der Waals surface area contributed by atoms with Gasteiger partial charge in [0, 0.05) is 17.0 Å². The number of phenols is 1. The van der Waals surface area contributed by atoms with Gasteiger partial charge in [-0.05, 0) is 48.2 Å². The van der Waals surface area contributed by atoms with Crippen molar-refractivity contribution in [2.75, 3.05) is 0 Å². The smallest absolute Gasteiger partial charge is 0.508 e. The molecule has 4 rings (SSSR count). The van der Waals surface area contributed by atoms with Crippen LogP contribution in [0.5, 0.6) is 11.5 Å². The highest BCUT2D eigenvalue weighted by atomic mass is 19.4. The van der Waals surface area contributed by atoms with E-state index >= 15 is 0 Å². The molecular weight excluding hydrogens is 361 g/mol. The van der Waals surface area contributed by atoms with E-state index in [1.807, 2.05) is 6.07 Å². The lowest BCUT2D eigenvalue weighted by Gasteiger charge is -2.13. The zero-order valence-corrected chi connectivity index (χ0v) is 13.9. The molecule has 0 saturated carbocycles. The average Bonchev–Trinajstić information content (AvgIpc) is 3.18. The number of hydrogen-bond acceptors (Lipinski definition) is 3. The molecule has 8 heteroatoms. The molecule has 1 unspecified atom stereocenters. The lowest BCUT2D eigenvalue weighted by atomic mass is 10.1. The highest BCUT2D eigenvalue weighted by Crippen LogP contribution is 2.36. The summed E-state index contributed by atoms with van der Waals surface area (Å²) in [5.74, 6) is -0.512. The molecule has 0 fully saturated rings. The van der Waals surface area contributed by atoms with Gasteiger partial charge in [0.25, 0.3) is 5.91 Å². The number of aromatic hydroxyl groups is 1. The van der Waals surface area contributed by atoms with Gasteiger partial charge in [-0.3, -0.25) is 4.79 Å². The fraction of sp³-hybridized carbons (Fsp3) is 0.211. The van der Waals surface area contributed by atoms with Crippen molar-refractivity contribution < 1.29 is 27.8 Å². The zero-order chi connectivity index (χ0) is 19.2. The van der Waals surface area contributed by atoms with Crippen LogP contribution in [0, 0.1) is 0 Å². The van der Waals surface area contributed by atoms with Gasteiger partial charge < -0.3 is 20.1 Å². The van der Waals surface area contributed by atoms with Gasteiger partial charge in [0.1, 0.15) is 17.2 Å². The van der Waals surface area contributed by atoms with Crippen LogP contribution < -0.4 is 10.1 Å². The van der Waals surface area contributed by atoms with E-state index in [1.54, 1.807) is 18.2 Å². The van der Waals surface area contributed by atoms with Crippen LogP contribution in [0.1, 0.15) is 34.1 Å². The van der Waals surface area contributed by atoms with Crippen molar-refractivity contribution in [2.24, 2.45) is 0 Å². The Balaban J connectivity index is 1.55. The third-order valence-electron chi connectivity index (χ3n) is 4.62. The maximum absolute atomic E-state index is 12.6. The van der Waals surface area contributed by atoms with E-state index in [2.05, 4.69) is 15.0 Å². The van der Waals surface area contributed by atoms with Crippen molar-refractivity contribution in [3.05, 3.63) is 59.3 Å². The minimum Gasteiger partial charge on any atom is -0.508 e. The Morgan fingerprint density at radius 1 is 1.22 bits per heavy atom. The third-order valence-corrected chi connectivity index (χ3v) is 4.62. The fourth-order valence-electron chi connectivity index (χ4n) is 3.45. The second-order valence-corrected chi connectivity index (χ2v) is 6.39. The quantitative estimate of drug-likeness (QED) is 0.642. The number of carbonyl (C=O) groups is 1. The minimum atomic E-state index is -4.78. The summed E-state index contributed by atoms with van der Waals surface area (Å²) in [6, 6.07) is 10.4. The maximum Gasteiger partial charge on any atom is 0.573 e. The van der Waals surface area contributed by atoms with Crippen LogP contribution >= 0.6 is 0 Å². The molecule has 2 aromatic carbocycles. The van der Waals surface area contributed by atoms with Crippen LogP contribution in [0.25, 0.3) is 10.9 Å². The minimum absolute atomic E-state index is 0.215. The van der Waals surface area contributed by atoms with Crippen molar-refractivity contribution in [1.82, 2.24) is 10.3 Å². The number of fused-ring (bicyclic) bond motifs is 2. The molecule has 0 radical (unpaired) electrons. The molecule has 1 aliphatic carbocycles. The second kappa shape index (κ2) is 6.22. The number of rotatable bonds is 3. The molecule has 140 valence electrons. The number of benzene rings is 2. The molecule has 0 saturated heterocycles. The summed E-state index contributed by atoms with van der Waals surface area (Å²) in [6.07, 6.45) is -3.44. The largest absolute Gasteiger partial charge is 0.573 e. The molecular formula is C19H15F3N2O3. The molecule has 0 bridgehead atoms. The summed E-state index contributed by atoms with van der Waals surface area (Å²) in [4.78, 5) is 15.4. The lowest BCUT2D eigenvalue weighted by molar-refractivity contribution is -0.274. The Bertz CT molecular complexity index is 1030. The molecule has 3 N–H and O–H groups in total. The summed E-state index contributed by atoms with van der Waals surface area (Å²) >= 11 is 0. The number of amides is 1. The van der Waals surface area contributed by atoms with Crippen LogP contribution in [0.3, 0.4) is 0 Å². The van der Waals surface area contributed by atoms with Crippen molar-refractivity contribution in [1.29, 1.82) is 0 Å². The lowest BCUT2D eigenvalue weighted by Crippen LogP contribution is -2.27. The van der Waals surface area contributed by atoms with Gasteiger partial charge in [-0.15, -0.1) is 13.2 Å². The summed E-state index contributed by atoms with van der Waals surface area (Å²) in [7, 11) is 0. The van der Waals surface area contributed by atoms with E-state index in [-0.39, 0.29) is 29.1 Å². The molecule has 1 aliphatic rings. The van der Waals surface area contributed by atoms with E-state index in [0.717, 1.165) is 11.1 Å². The molecule has 27 heavy (non-hydrogen) atoms. The first-order chi connectivity index (χ1) is 12.8. The Hall–Kier alpha value is -3.16. The first-order valence-corrected chi connectivity index (χ1v) is 8.30. The zero-order valence-electron chi connectivity index (χ0n) is 13.9. The number of aromatic nitrogens is 1. The van der Waals surface area contributed by atoms with E-state index in [0.29, 0.717) is 23.7 Å². The predicted molar refractivity (Wildman–Crippen MR) is 91.6 cm³/mol. The maximum atomic E-state index is 12.6. The summed E-state index contributed by atoms with van der Waals surface area (Å²) in [5, 5.41) is 13.4. The van der Waals surface area contributed by atoms with Crippen molar-refractivity contribution in [3.8, 4) is 11.5 Å². The van der Waals surface area contributed by atoms with Crippen LogP contribution in [0.2, 0.25) is 0 Å². The van der Waals surface area contributed by atoms with Crippen LogP contribution in [0.15, 0.2) is 42.5 Å². The molecule has 1 atom stereocenters. The fourth-order valence-corrected chi connectivity index (χ4v) is 3.45. The number of H-pyrrole nitrogens is 1. The number of phenolic OH excluding ortho intramolecular Hbond substituents is 1. The molecule has 0 spiro atoms. The highest BCUT2D eigenvalue weighted by Gasteiger charge is 2.31. The molecule has 1 heterocycles. The van der Waals surface area contributed by atoms with Gasteiger partial charge in [0.2, 0.25) is 0 Å². The number of carbonyl (C=O) groups excluding carboxylic acids is 1. The number of ether oxygens (including phenoxy) is 1. The van der Waals surface area contributed by atoms with Gasteiger partial charge in [-0.2, -0.15) is 0 Å². The predicted octanol–water partition coefficient (Wildman–Crippen LogP) is 4.19. The molecule has 1 amide bonds. The van der Waals surface area contributed by atoms with Gasteiger partial charge in [0.05, 0.1) is 6.04 Å².